The van der Waals surface area contributed by atoms with Crippen LogP contribution in [0.1, 0.15) is 0 Å². The highest BCUT2D eigenvalue weighted by Gasteiger charge is 2.17. The Balaban J connectivity index is 1.23. The third kappa shape index (κ3) is 3.36. The van der Waals surface area contributed by atoms with Crippen LogP contribution in [0.2, 0.25) is 0 Å². The van der Waals surface area contributed by atoms with E-state index in [-0.39, 0.29) is 0 Å². The van der Waals surface area contributed by atoms with Crippen LogP contribution in [-0.2, 0) is 0 Å². The molecule has 6 aromatic carbocycles. The number of hydrogen-bond acceptors (Lipinski definition) is 3. The first-order valence-electron chi connectivity index (χ1n) is 14.1. The highest BCUT2D eigenvalue weighted by Crippen LogP contribution is 2.38. The third-order valence-corrected chi connectivity index (χ3v) is 8.32. The number of rotatable bonds is 3. The normalized spacial score (nSPS) is 11.8. The molecule has 0 atom stereocenters. The average molecular weight is 538 g/mol. The lowest BCUT2D eigenvalue weighted by molar-refractivity contribution is 0.670. The fourth-order valence-corrected chi connectivity index (χ4v) is 6.32. The molecule has 3 heterocycles. The van der Waals surface area contributed by atoms with Gasteiger partial charge >= 0.3 is 0 Å². The SMILES string of the molecule is c1ccc(-c2ccc3c(c2)c2ccccc2c2nnc(-c4ccc(-c5cccc6c5oc5ccccc56)cc4)n32)cc1. The summed E-state index contributed by atoms with van der Waals surface area (Å²) in [7, 11) is 0. The molecule has 42 heavy (non-hydrogen) atoms. The molecule has 4 nitrogen and oxygen atoms in total. The molecule has 0 saturated carbocycles. The Hall–Kier alpha value is -5.74. The first-order valence-corrected chi connectivity index (χ1v) is 14.1. The summed E-state index contributed by atoms with van der Waals surface area (Å²) < 4.78 is 8.50. The molecule has 196 valence electrons. The first kappa shape index (κ1) is 23.0. The summed E-state index contributed by atoms with van der Waals surface area (Å²) in [5, 5.41) is 15.1. The van der Waals surface area contributed by atoms with Gasteiger partial charge in [0.2, 0.25) is 0 Å². The Morgan fingerprint density at radius 2 is 1.14 bits per heavy atom. The van der Waals surface area contributed by atoms with Gasteiger partial charge in [-0.1, -0.05) is 121 Å². The summed E-state index contributed by atoms with van der Waals surface area (Å²) in [6, 6.07) is 48.8. The summed E-state index contributed by atoms with van der Waals surface area (Å²) in [6.45, 7) is 0. The van der Waals surface area contributed by atoms with E-state index in [9.17, 15) is 0 Å². The molecule has 0 aliphatic rings. The molecule has 0 aliphatic heterocycles. The molecule has 0 radical (unpaired) electrons. The summed E-state index contributed by atoms with van der Waals surface area (Å²) in [4.78, 5) is 0. The van der Waals surface area contributed by atoms with E-state index in [2.05, 4.69) is 132 Å². The second kappa shape index (κ2) is 8.88. The molecule has 0 unspecified atom stereocenters. The van der Waals surface area contributed by atoms with Crippen LogP contribution >= 0.6 is 0 Å². The molecule has 0 saturated heterocycles. The van der Waals surface area contributed by atoms with Gasteiger partial charge in [-0.2, -0.15) is 0 Å². The van der Waals surface area contributed by atoms with E-state index in [4.69, 9.17) is 14.6 Å². The number of fused-ring (bicyclic) bond motifs is 9. The monoisotopic (exact) mass is 537 g/mol. The Kier molecular flexibility index (Phi) is 4.87. The largest absolute Gasteiger partial charge is 0.455 e. The van der Waals surface area contributed by atoms with Crippen LogP contribution in [0, 0.1) is 0 Å². The van der Waals surface area contributed by atoms with Gasteiger partial charge in [-0.15, -0.1) is 10.2 Å². The van der Waals surface area contributed by atoms with Gasteiger partial charge in [0.25, 0.3) is 0 Å². The Morgan fingerprint density at radius 3 is 2.00 bits per heavy atom. The molecule has 0 aliphatic carbocycles. The fraction of sp³-hybridized carbons (Fsp3) is 0. The van der Waals surface area contributed by atoms with Crippen LogP contribution < -0.4 is 0 Å². The quantitative estimate of drug-likeness (QED) is 0.211. The molecule has 0 N–H and O–H groups in total. The summed E-state index contributed by atoms with van der Waals surface area (Å²) >= 11 is 0. The zero-order valence-electron chi connectivity index (χ0n) is 22.5. The standard InChI is InChI=1S/C38H23N3O/c1-2-9-24(10-3-1)27-21-22-34-33(23-27)29-11-4-5-13-32(29)38-40-39-37(41(34)38)26-19-17-25(18-20-26)28-14-8-15-31-30-12-6-7-16-35(30)42-36(28)31/h1-23H. The van der Waals surface area contributed by atoms with Crippen molar-refractivity contribution in [3.05, 3.63) is 140 Å². The van der Waals surface area contributed by atoms with E-state index in [1.807, 2.05) is 12.1 Å². The van der Waals surface area contributed by atoms with Crippen LogP contribution in [0.5, 0.6) is 0 Å². The summed E-state index contributed by atoms with van der Waals surface area (Å²) in [5.74, 6) is 0.821. The predicted octanol–water partition coefficient (Wildman–Crippen LogP) is 9.94. The zero-order valence-corrected chi connectivity index (χ0v) is 22.5. The van der Waals surface area contributed by atoms with Crippen LogP contribution in [0.3, 0.4) is 0 Å². The lowest BCUT2D eigenvalue weighted by Gasteiger charge is -2.12. The first-order chi connectivity index (χ1) is 20.8. The van der Waals surface area contributed by atoms with Gasteiger partial charge in [-0.3, -0.25) is 4.40 Å². The highest BCUT2D eigenvalue weighted by atomic mass is 16.3. The second-order valence-corrected chi connectivity index (χ2v) is 10.7. The van der Waals surface area contributed by atoms with Gasteiger partial charge in [0.05, 0.1) is 5.52 Å². The van der Waals surface area contributed by atoms with Crippen LogP contribution in [-0.4, -0.2) is 14.6 Å². The van der Waals surface area contributed by atoms with Crippen LogP contribution in [0.4, 0.5) is 0 Å². The predicted molar refractivity (Wildman–Crippen MR) is 172 cm³/mol. The molecular formula is C38H23N3O. The minimum atomic E-state index is 0.821. The molecule has 9 rings (SSSR count). The highest BCUT2D eigenvalue weighted by molar-refractivity contribution is 6.13. The van der Waals surface area contributed by atoms with Crippen molar-refractivity contribution in [3.63, 3.8) is 0 Å². The lowest BCUT2D eigenvalue weighted by atomic mass is 9.99. The van der Waals surface area contributed by atoms with Gasteiger partial charge in [0, 0.05) is 32.7 Å². The topological polar surface area (TPSA) is 43.3 Å². The van der Waals surface area contributed by atoms with Gasteiger partial charge in [0.1, 0.15) is 11.2 Å². The van der Waals surface area contributed by atoms with Crippen molar-refractivity contribution in [2.24, 2.45) is 0 Å². The fourth-order valence-electron chi connectivity index (χ4n) is 6.32. The Bertz CT molecular complexity index is 2450. The van der Waals surface area contributed by atoms with Gasteiger partial charge in [-0.05, 0) is 40.3 Å². The van der Waals surface area contributed by atoms with Crippen molar-refractivity contribution in [1.29, 1.82) is 0 Å². The van der Waals surface area contributed by atoms with Crippen molar-refractivity contribution in [2.75, 3.05) is 0 Å². The van der Waals surface area contributed by atoms with Gasteiger partial charge in [0.15, 0.2) is 11.5 Å². The van der Waals surface area contributed by atoms with Crippen molar-refractivity contribution >= 4 is 49.3 Å². The number of furan rings is 1. The summed E-state index contributed by atoms with van der Waals surface area (Å²) in [5.41, 5.74) is 9.32. The zero-order chi connectivity index (χ0) is 27.6. The van der Waals surface area contributed by atoms with Crippen molar-refractivity contribution in [2.45, 2.75) is 0 Å². The maximum Gasteiger partial charge on any atom is 0.169 e. The number of aromatic nitrogens is 3. The maximum absolute atomic E-state index is 6.30. The molecule has 0 amide bonds. The molecule has 0 spiro atoms. The molecule has 0 fully saturated rings. The van der Waals surface area contributed by atoms with E-state index < -0.39 is 0 Å². The molecule has 4 heteroatoms. The molecule has 0 bridgehead atoms. The van der Waals surface area contributed by atoms with Crippen molar-refractivity contribution in [1.82, 2.24) is 14.6 Å². The minimum Gasteiger partial charge on any atom is -0.455 e. The minimum absolute atomic E-state index is 0.821. The Labute approximate surface area is 241 Å². The summed E-state index contributed by atoms with van der Waals surface area (Å²) in [6.07, 6.45) is 0. The smallest absolute Gasteiger partial charge is 0.169 e. The number of para-hydroxylation sites is 2. The van der Waals surface area contributed by atoms with E-state index in [1.54, 1.807) is 0 Å². The van der Waals surface area contributed by atoms with E-state index in [0.29, 0.717) is 0 Å². The molecule has 3 aromatic heterocycles. The number of nitrogens with zero attached hydrogens (tertiary/aromatic N) is 3. The number of benzene rings is 6. The van der Waals surface area contributed by atoms with Gasteiger partial charge in [-0.25, -0.2) is 0 Å². The third-order valence-electron chi connectivity index (χ3n) is 8.32. The van der Waals surface area contributed by atoms with E-state index in [0.717, 1.165) is 61.0 Å². The molecule has 9 aromatic rings. The van der Waals surface area contributed by atoms with Gasteiger partial charge < -0.3 is 4.42 Å². The van der Waals surface area contributed by atoms with Crippen molar-refractivity contribution in [3.8, 4) is 33.6 Å². The lowest BCUT2D eigenvalue weighted by Crippen LogP contribution is -1.95. The molecular weight excluding hydrogens is 514 g/mol. The van der Waals surface area contributed by atoms with Crippen LogP contribution in [0.25, 0.3) is 82.9 Å². The van der Waals surface area contributed by atoms with E-state index in [1.165, 1.54) is 21.9 Å². The second-order valence-electron chi connectivity index (χ2n) is 10.7. The van der Waals surface area contributed by atoms with E-state index >= 15 is 0 Å². The average Bonchev–Trinajstić information content (AvgIpc) is 3.68. The van der Waals surface area contributed by atoms with Crippen LogP contribution in [0.15, 0.2) is 144 Å². The number of pyridine rings is 1. The van der Waals surface area contributed by atoms with Crippen molar-refractivity contribution < 1.29 is 4.42 Å². The number of hydrogen-bond donors (Lipinski definition) is 0. The Morgan fingerprint density at radius 1 is 0.452 bits per heavy atom. The maximum atomic E-state index is 6.30.